The highest BCUT2D eigenvalue weighted by Gasteiger charge is 2.35. The molecule has 0 unspecified atom stereocenters. The van der Waals surface area contributed by atoms with Crippen molar-refractivity contribution in [3.8, 4) is 5.75 Å². The van der Waals surface area contributed by atoms with Crippen molar-refractivity contribution in [3.63, 3.8) is 0 Å². The number of methoxy groups -OCH3 is 1. The fourth-order valence-electron chi connectivity index (χ4n) is 7.27. The molecule has 47 heavy (non-hydrogen) atoms. The number of hydrogen-bond acceptors (Lipinski definition) is 6. The monoisotopic (exact) mass is 629 g/mol. The summed E-state index contributed by atoms with van der Waals surface area (Å²) in [5.74, 6) is 1.01. The molecule has 3 aliphatic rings. The maximum absolute atomic E-state index is 13.8. The van der Waals surface area contributed by atoms with Crippen LogP contribution in [0.15, 0.2) is 102 Å². The van der Waals surface area contributed by atoms with Crippen LogP contribution in [0.2, 0.25) is 0 Å². The summed E-state index contributed by atoms with van der Waals surface area (Å²) in [6, 6.07) is 28.8. The van der Waals surface area contributed by atoms with E-state index in [1.807, 2.05) is 88.3 Å². The van der Waals surface area contributed by atoms with Crippen molar-refractivity contribution in [1.82, 2.24) is 9.47 Å². The van der Waals surface area contributed by atoms with Gasteiger partial charge in [-0.3, -0.25) is 14.4 Å². The molecule has 9 nitrogen and oxygen atoms in total. The Morgan fingerprint density at radius 2 is 1.60 bits per heavy atom. The maximum atomic E-state index is 13.8. The zero-order valence-electron chi connectivity index (χ0n) is 26.5. The molecule has 240 valence electrons. The molecule has 4 aromatic rings. The van der Waals surface area contributed by atoms with Crippen molar-refractivity contribution >= 4 is 35.0 Å². The van der Waals surface area contributed by atoms with Crippen LogP contribution in [0.5, 0.6) is 5.75 Å². The van der Waals surface area contributed by atoms with Crippen molar-refractivity contribution in [3.05, 3.63) is 124 Å². The Labute approximate surface area is 274 Å². The van der Waals surface area contributed by atoms with Gasteiger partial charge >= 0.3 is 0 Å². The molecule has 0 aliphatic carbocycles. The Hall–Kier alpha value is -5.31. The second kappa shape index (κ2) is 13.2. The van der Waals surface area contributed by atoms with Gasteiger partial charge < -0.3 is 29.3 Å². The van der Waals surface area contributed by atoms with E-state index in [2.05, 4.69) is 21.2 Å². The summed E-state index contributed by atoms with van der Waals surface area (Å²) in [5, 5.41) is 3.10. The number of fused-ring (bicyclic) bond motifs is 4. The third-order valence-corrected chi connectivity index (χ3v) is 9.54. The second-order valence-electron chi connectivity index (χ2n) is 12.5. The lowest BCUT2D eigenvalue weighted by atomic mass is 9.83. The van der Waals surface area contributed by atoms with Crippen molar-refractivity contribution in [2.24, 2.45) is 5.92 Å². The highest BCUT2D eigenvalue weighted by atomic mass is 16.5. The first-order valence-electron chi connectivity index (χ1n) is 16.3. The van der Waals surface area contributed by atoms with Gasteiger partial charge in [-0.2, -0.15) is 0 Å². The maximum Gasteiger partial charge on any atom is 0.254 e. The molecule has 0 spiro atoms. The van der Waals surface area contributed by atoms with E-state index in [0.717, 1.165) is 47.9 Å². The first-order chi connectivity index (χ1) is 23.0. The van der Waals surface area contributed by atoms with Crippen LogP contribution in [0, 0.1) is 5.92 Å². The average Bonchev–Trinajstić information content (AvgIpc) is 3.11. The number of amides is 2. The quantitative estimate of drug-likeness (QED) is 0.287. The summed E-state index contributed by atoms with van der Waals surface area (Å²) in [6.07, 6.45) is 4.34. The molecule has 4 heterocycles. The Balaban J connectivity index is 1.13. The van der Waals surface area contributed by atoms with Gasteiger partial charge in [0.1, 0.15) is 5.75 Å². The number of nitrogens with one attached hydrogen (secondary N) is 1. The van der Waals surface area contributed by atoms with Gasteiger partial charge in [0.25, 0.3) is 11.5 Å². The number of nitrogens with zero attached hydrogens (tertiary/aromatic N) is 4. The van der Waals surface area contributed by atoms with Gasteiger partial charge in [0.05, 0.1) is 24.2 Å². The molecule has 9 heteroatoms. The van der Waals surface area contributed by atoms with Gasteiger partial charge in [0.2, 0.25) is 5.91 Å². The zero-order valence-corrected chi connectivity index (χ0v) is 26.5. The molecular formula is C38H39N5O4. The van der Waals surface area contributed by atoms with Crippen LogP contribution in [0.3, 0.4) is 0 Å². The molecule has 2 saturated heterocycles. The number of benzene rings is 3. The van der Waals surface area contributed by atoms with Crippen LogP contribution < -0.4 is 25.4 Å². The number of aromatic nitrogens is 1. The van der Waals surface area contributed by atoms with Gasteiger partial charge in [-0.25, -0.2) is 0 Å². The molecule has 3 aromatic carbocycles. The number of anilines is 3. The predicted molar refractivity (Wildman–Crippen MR) is 185 cm³/mol. The molecule has 2 atom stereocenters. The molecule has 1 aromatic heterocycles. The highest BCUT2D eigenvalue weighted by Crippen LogP contribution is 2.39. The standard InChI is InChI=1S/C38H39N5O4/c1-47-35-12-6-5-10-34(35)40-18-20-41(21-19-40)38(46)29-15-16-33(31(23-29)39-36(44)17-14-27-8-3-2-4-9-27)42-24-28-22-30(26-42)32-11-7-13-37(45)43(32)25-28/h2-17,23,28,30H,18-22,24-26H2,1H3,(H,39,44)/b17-14+/t28-,30+/m1/s1. The predicted octanol–water partition coefficient (Wildman–Crippen LogP) is 5.09. The van der Waals surface area contributed by atoms with Crippen molar-refractivity contribution in [2.45, 2.75) is 18.9 Å². The number of piperidine rings is 1. The SMILES string of the molecule is COc1ccccc1N1CCN(C(=O)c2ccc(N3C[C@H]4C[C@@H](C3)c3cccc(=O)n3C4)c(NC(=O)/C=C/c3ccccc3)c2)CC1. The Bertz CT molecular complexity index is 1860. The number of para-hydroxylation sites is 2. The normalized spacial score (nSPS) is 19.0. The van der Waals surface area contributed by atoms with Gasteiger partial charge in [-0.15, -0.1) is 0 Å². The fraction of sp³-hybridized carbons (Fsp3) is 0.289. The zero-order chi connectivity index (χ0) is 32.3. The highest BCUT2D eigenvalue weighted by molar-refractivity contribution is 6.05. The summed E-state index contributed by atoms with van der Waals surface area (Å²) in [7, 11) is 1.67. The molecule has 2 fully saturated rings. The van der Waals surface area contributed by atoms with Gasteiger partial charge in [0, 0.05) is 75.1 Å². The van der Waals surface area contributed by atoms with Gasteiger partial charge in [-0.05, 0) is 60.4 Å². The van der Waals surface area contributed by atoms with E-state index in [4.69, 9.17) is 4.74 Å². The van der Waals surface area contributed by atoms with E-state index >= 15 is 0 Å². The number of ether oxygens (including phenoxy) is 1. The van der Waals surface area contributed by atoms with Gasteiger partial charge in [-0.1, -0.05) is 48.5 Å². The first kappa shape index (κ1) is 30.3. The lowest BCUT2D eigenvalue weighted by Crippen LogP contribution is -2.49. The minimum absolute atomic E-state index is 0.0513. The van der Waals surface area contributed by atoms with Gasteiger partial charge in [0.15, 0.2) is 0 Å². The van der Waals surface area contributed by atoms with Crippen molar-refractivity contribution in [2.75, 3.05) is 61.5 Å². The van der Waals surface area contributed by atoms with E-state index in [-0.39, 0.29) is 23.3 Å². The molecule has 0 saturated carbocycles. The molecule has 0 radical (unpaired) electrons. The summed E-state index contributed by atoms with van der Waals surface area (Å²) in [6.45, 7) is 4.71. The molecule has 3 aliphatic heterocycles. The van der Waals surface area contributed by atoms with Crippen LogP contribution in [0.1, 0.15) is 34.0 Å². The lowest BCUT2D eigenvalue weighted by molar-refractivity contribution is -0.111. The Morgan fingerprint density at radius 1 is 0.809 bits per heavy atom. The average molecular weight is 630 g/mol. The summed E-state index contributed by atoms with van der Waals surface area (Å²) >= 11 is 0. The van der Waals surface area contributed by atoms with Crippen LogP contribution in [0.25, 0.3) is 6.08 Å². The van der Waals surface area contributed by atoms with E-state index < -0.39 is 0 Å². The molecular weight excluding hydrogens is 590 g/mol. The number of rotatable bonds is 7. The third-order valence-electron chi connectivity index (χ3n) is 9.54. The number of pyridine rings is 1. The summed E-state index contributed by atoms with van der Waals surface area (Å²) in [4.78, 5) is 46.1. The number of carbonyl (C=O) groups is 2. The third kappa shape index (κ3) is 6.38. The largest absolute Gasteiger partial charge is 0.495 e. The minimum atomic E-state index is -0.265. The smallest absolute Gasteiger partial charge is 0.254 e. The number of carbonyl (C=O) groups excluding carboxylic acids is 2. The number of piperazine rings is 1. The minimum Gasteiger partial charge on any atom is -0.495 e. The van der Waals surface area contributed by atoms with E-state index in [1.165, 1.54) is 6.08 Å². The number of hydrogen-bond donors (Lipinski definition) is 1. The lowest BCUT2D eigenvalue weighted by Gasteiger charge is -2.44. The molecule has 1 N–H and O–H groups in total. The molecule has 7 rings (SSSR count). The topological polar surface area (TPSA) is 87.1 Å². The van der Waals surface area contributed by atoms with E-state index in [9.17, 15) is 14.4 Å². The molecule has 2 bridgehead atoms. The van der Waals surface area contributed by atoms with E-state index in [1.54, 1.807) is 19.3 Å². The van der Waals surface area contributed by atoms with Crippen molar-refractivity contribution in [1.29, 1.82) is 0 Å². The second-order valence-corrected chi connectivity index (χ2v) is 12.5. The fourth-order valence-corrected chi connectivity index (χ4v) is 7.27. The molecule has 2 amide bonds. The van der Waals surface area contributed by atoms with E-state index in [0.29, 0.717) is 49.9 Å². The Morgan fingerprint density at radius 3 is 2.40 bits per heavy atom. The summed E-state index contributed by atoms with van der Waals surface area (Å²) in [5.41, 5.74) is 5.10. The van der Waals surface area contributed by atoms with Crippen LogP contribution >= 0.6 is 0 Å². The van der Waals surface area contributed by atoms with Crippen LogP contribution in [0.4, 0.5) is 17.1 Å². The summed E-state index contributed by atoms with van der Waals surface area (Å²) < 4.78 is 7.48. The van der Waals surface area contributed by atoms with Crippen molar-refractivity contribution < 1.29 is 14.3 Å². The van der Waals surface area contributed by atoms with Crippen LogP contribution in [-0.4, -0.2) is 67.7 Å². The Kier molecular flexibility index (Phi) is 8.52. The van der Waals surface area contributed by atoms with Crippen LogP contribution in [-0.2, 0) is 11.3 Å². The first-order valence-corrected chi connectivity index (χ1v) is 16.3.